The highest BCUT2D eigenvalue weighted by Gasteiger charge is 2.18. The van der Waals surface area contributed by atoms with Crippen LogP contribution in [0.5, 0.6) is 5.75 Å². The molecule has 22 heavy (non-hydrogen) atoms. The van der Waals surface area contributed by atoms with E-state index in [1.54, 1.807) is 7.11 Å². The normalized spacial score (nSPS) is 17.1. The molecule has 3 heteroatoms. The van der Waals surface area contributed by atoms with Crippen LogP contribution in [0.3, 0.4) is 0 Å². The van der Waals surface area contributed by atoms with E-state index >= 15 is 0 Å². The molecule has 116 valence electrons. The number of hydrogen-bond acceptors (Lipinski definition) is 3. The molecule has 0 spiro atoms. The van der Waals surface area contributed by atoms with Crippen LogP contribution in [0.15, 0.2) is 36.5 Å². The van der Waals surface area contributed by atoms with Gasteiger partial charge < -0.3 is 10.1 Å². The predicted molar refractivity (Wildman–Crippen MR) is 89.5 cm³/mol. The molecule has 1 aliphatic carbocycles. The Kier molecular flexibility index (Phi) is 4.74. The van der Waals surface area contributed by atoms with Crippen LogP contribution in [-0.4, -0.2) is 24.7 Å². The van der Waals surface area contributed by atoms with Crippen molar-refractivity contribution in [2.45, 2.75) is 38.6 Å². The second-order valence-electron chi connectivity index (χ2n) is 6.09. The molecular weight excluding hydrogens is 272 g/mol. The fourth-order valence-electron chi connectivity index (χ4n) is 3.10. The Hall–Kier alpha value is -1.87. The third-order valence-electron chi connectivity index (χ3n) is 4.46. The maximum absolute atomic E-state index is 5.34. The fourth-order valence-corrected chi connectivity index (χ4v) is 3.10. The molecular formula is C19H24N2O. The van der Waals surface area contributed by atoms with Crippen molar-refractivity contribution in [1.82, 2.24) is 10.3 Å². The molecule has 0 aliphatic heterocycles. The van der Waals surface area contributed by atoms with E-state index in [2.05, 4.69) is 40.6 Å². The number of hydrogen-bond donors (Lipinski definition) is 1. The van der Waals surface area contributed by atoms with Crippen molar-refractivity contribution in [2.24, 2.45) is 0 Å². The van der Waals surface area contributed by atoms with Crippen LogP contribution < -0.4 is 10.1 Å². The lowest BCUT2D eigenvalue weighted by atomic mass is 9.88. The fraction of sp³-hybridized carbons (Fsp3) is 0.421. The van der Waals surface area contributed by atoms with Crippen molar-refractivity contribution >= 4 is 0 Å². The summed E-state index contributed by atoms with van der Waals surface area (Å²) in [6.45, 7) is 3.03. The maximum atomic E-state index is 5.34. The van der Waals surface area contributed by atoms with Crippen LogP contribution in [0.2, 0.25) is 0 Å². The summed E-state index contributed by atoms with van der Waals surface area (Å²) >= 11 is 0. The first kappa shape index (κ1) is 15.0. The quantitative estimate of drug-likeness (QED) is 0.920. The van der Waals surface area contributed by atoms with E-state index in [9.17, 15) is 0 Å². The van der Waals surface area contributed by atoms with Gasteiger partial charge in [0.05, 0.1) is 7.11 Å². The molecule has 2 aromatic rings. The largest absolute Gasteiger partial charge is 0.497 e. The molecule has 1 atom stereocenters. The number of pyridine rings is 1. The SMILES string of the molecule is COc1ccc2c(c1)C[C@@H](NCCc1ccc(C)nc1)CC2. The summed E-state index contributed by atoms with van der Waals surface area (Å²) in [5.74, 6) is 0.963. The van der Waals surface area contributed by atoms with Crippen LogP contribution in [0.1, 0.15) is 28.8 Å². The van der Waals surface area contributed by atoms with Gasteiger partial charge in [0.2, 0.25) is 0 Å². The highest BCUT2D eigenvalue weighted by atomic mass is 16.5. The molecule has 0 amide bonds. The van der Waals surface area contributed by atoms with Gasteiger partial charge in [-0.2, -0.15) is 0 Å². The maximum Gasteiger partial charge on any atom is 0.119 e. The van der Waals surface area contributed by atoms with Gasteiger partial charge in [0.1, 0.15) is 5.75 Å². The zero-order valence-electron chi connectivity index (χ0n) is 13.4. The molecule has 1 heterocycles. The number of rotatable bonds is 5. The van der Waals surface area contributed by atoms with Crippen LogP contribution in [0.25, 0.3) is 0 Å². The van der Waals surface area contributed by atoms with Crippen LogP contribution in [0, 0.1) is 6.92 Å². The smallest absolute Gasteiger partial charge is 0.119 e. The highest BCUT2D eigenvalue weighted by molar-refractivity contribution is 5.37. The van der Waals surface area contributed by atoms with E-state index in [1.165, 1.54) is 23.1 Å². The lowest BCUT2D eigenvalue weighted by molar-refractivity contribution is 0.411. The van der Waals surface area contributed by atoms with E-state index in [4.69, 9.17) is 4.74 Å². The summed E-state index contributed by atoms with van der Waals surface area (Å²) < 4.78 is 5.34. The van der Waals surface area contributed by atoms with E-state index in [0.29, 0.717) is 6.04 Å². The molecule has 1 aromatic carbocycles. The molecule has 3 rings (SSSR count). The molecule has 1 aliphatic rings. The van der Waals surface area contributed by atoms with Gasteiger partial charge in [-0.25, -0.2) is 0 Å². The lowest BCUT2D eigenvalue weighted by Crippen LogP contribution is -2.35. The highest BCUT2D eigenvalue weighted by Crippen LogP contribution is 2.25. The molecule has 0 bridgehead atoms. The second-order valence-corrected chi connectivity index (χ2v) is 6.09. The van der Waals surface area contributed by atoms with E-state index in [0.717, 1.165) is 37.3 Å². The number of ether oxygens (including phenoxy) is 1. The van der Waals surface area contributed by atoms with Gasteiger partial charge in [0.25, 0.3) is 0 Å². The van der Waals surface area contributed by atoms with E-state index in [1.807, 2.05) is 13.1 Å². The number of aryl methyl sites for hydroxylation is 2. The van der Waals surface area contributed by atoms with Crippen molar-refractivity contribution in [1.29, 1.82) is 0 Å². The zero-order valence-corrected chi connectivity index (χ0v) is 13.4. The van der Waals surface area contributed by atoms with Gasteiger partial charge in [-0.05, 0) is 74.0 Å². The molecule has 1 aromatic heterocycles. The monoisotopic (exact) mass is 296 g/mol. The molecule has 0 saturated carbocycles. The molecule has 3 nitrogen and oxygen atoms in total. The summed E-state index contributed by atoms with van der Waals surface area (Å²) in [5, 5.41) is 3.69. The summed E-state index contributed by atoms with van der Waals surface area (Å²) in [6.07, 6.45) is 6.49. The molecule has 0 fully saturated rings. The number of methoxy groups -OCH3 is 1. The number of benzene rings is 1. The Bertz CT molecular complexity index is 622. The first-order valence-corrected chi connectivity index (χ1v) is 8.05. The molecule has 0 unspecified atom stereocenters. The third kappa shape index (κ3) is 3.66. The van der Waals surface area contributed by atoms with Gasteiger partial charge in [-0.3, -0.25) is 4.98 Å². The van der Waals surface area contributed by atoms with Gasteiger partial charge in [-0.1, -0.05) is 12.1 Å². The summed E-state index contributed by atoms with van der Waals surface area (Å²) in [7, 11) is 1.73. The van der Waals surface area contributed by atoms with Crippen molar-refractivity contribution in [3.8, 4) is 5.75 Å². The third-order valence-corrected chi connectivity index (χ3v) is 4.46. The second kappa shape index (κ2) is 6.93. The lowest BCUT2D eigenvalue weighted by Gasteiger charge is -2.26. The van der Waals surface area contributed by atoms with Crippen molar-refractivity contribution in [2.75, 3.05) is 13.7 Å². The van der Waals surface area contributed by atoms with Gasteiger partial charge in [-0.15, -0.1) is 0 Å². The number of aromatic nitrogens is 1. The van der Waals surface area contributed by atoms with Crippen LogP contribution >= 0.6 is 0 Å². The summed E-state index contributed by atoms with van der Waals surface area (Å²) in [4.78, 5) is 4.35. The average molecular weight is 296 g/mol. The van der Waals surface area contributed by atoms with Crippen LogP contribution in [0.4, 0.5) is 0 Å². The Labute approximate surface area is 132 Å². The predicted octanol–water partition coefficient (Wildman–Crippen LogP) is 3.09. The summed E-state index contributed by atoms with van der Waals surface area (Å²) in [6, 6.07) is 11.3. The topological polar surface area (TPSA) is 34.1 Å². The molecule has 0 saturated heterocycles. The average Bonchev–Trinajstić information content (AvgIpc) is 2.56. The minimum atomic E-state index is 0.568. The van der Waals surface area contributed by atoms with Gasteiger partial charge in [0, 0.05) is 17.9 Å². The number of nitrogens with one attached hydrogen (secondary N) is 1. The summed E-state index contributed by atoms with van der Waals surface area (Å²) in [5.41, 5.74) is 5.28. The van der Waals surface area contributed by atoms with Crippen molar-refractivity contribution < 1.29 is 4.74 Å². The first-order chi connectivity index (χ1) is 10.7. The standard InChI is InChI=1S/C19H24N2O/c1-14-3-4-15(13-21-14)9-10-20-18-7-5-16-6-8-19(22-2)12-17(16)11-18/h3-4,6,8,12-13,18,20H,5,7,9-11H2,1-2H3/t18-/m0/s1. The van der Waals surface area contributed by atoms with E-state index in [-0.39, 0.29) is 0 Å². The Balaban J connectivity index is 1.52. The van der Waals surface area contributed by atoms with Gasteiger partial charge >= 0.3 is 0 Å². The molecule has 1 N–H and O–H groups in total. The Morgan fingerprint density at radius 2 is 2.14 bits per heavy atom. The van der Waals surface area contributed by atoms with E-state index < -0.39 is 0 Å². The van der Waals surface area contributed by atoms with Gasteiger partial charge in [0.15, 0.2) is 0 Å². The number of fused-ring (bicyclic) bond motifs is 1. The molecule has 0 radical (unpaired) electrons. The Morgan fingerprint density at radius 3 is 2.91 bits per heavy atom. The van der Waals surface area contributed by atoms with Crippen molar-refractivity contribution in [3.63, 3.8) is 0 Å². The first-order valence-electron chi connectivity index (χ1n) is 8.05. The zero-order chi connectivity index (χ0) is 15.4. The minimum Gasteiger partial charge on any atom is -0.497 e. The minimum absolute atomic E-state index is 0.568. The van der Waals surface area contributed by atoms with Crippen molar-refractivity contribution in [3.05, 3.63) is 58.9 Å². The van der Waals surface area contributed by atoms with Crippen LogP contribution in [-0.2, 0) is 19.3 Å². The Morgan fingerprint density at radius 1 is 1.23 bits per heavy atom. The number of nitrogens with zero attached hydrogens (tertiary/aromatic N) is 1.